The van der Waals surface area contributed by atoms with E-state index in [-0.39, 0.29) is 11.8 Å². The summed E-state index contributed by atoms with van der Waals surface area (Å²) in [7, 11) is -4.30. The van der Waals surface area contributed by atoms with E-state index in [4.69, 9.17) is 4.74 Å². The molecule has 0 aromatic heterocycles. The molecule has 0 amide bonds. The van der Waals surface area contributed by atoms with Crippen molar-refractivity contribution in [3.05, 3.63) is 29.8 Å². The van der Waals surface area contributed by atoms with E-state index in [9.17, 15) is 21.6 Å². The third-order valence-electron chi connectivity index (χ3n) is 3.06. The summed E-state index contributed by atoms with van der Waals surface area (Å²) in [5.74, 6) is 0.550. The van der Waals surface area contributed by atoms with Crippen LogP contribution in [0.2, 0.25) is 0 Å². The summed E-state index contributed by atoms with van der Waals surface area (Å²) in [6.45, 7) is 0.659. The molecule has 2 rings (SSSR count). The molecule has 10 heteroatoms. The van der Waals surface area contributed by atoms with Gasteiger partial charge in [-0.05, 0) is 37.2 Å². The fourth-order valence-corrected chi connectivity index (χ4v) is 2.00. The zero-order chi connectivity index (χ0) is 16.4. The van der Waals surface area contributed by atoms with Gasteiger partial charge in [-0.1, -0.05) is 5.16 Å². The number of alkyl halides is 3. The Kier molecular flexibility index (Phi) is 4.61. The van der Waals surface area contributed by atoms with E-state index in [1.165, 1.54) is 7.11 Å². The molecule has 1 aliphatic heterocycles. The van der Waals surface area contributed by atoms with Gasteiger partial charge in [0.1, 0.15) is 11.5 Å². The fourth-order valence-electron chi connectivity index (χ4n) is 1.73. The lowest BCUT2D eigenvalue weighted by Crippen LogP contribution is -2.49. The molecule has 122 valence electrons. The Bertz CT molecular complexity index is 652. The Labute approximate surface area is 125 Å². The minimum Gasteiger partial charge on any atom is -0.497 e. The number of benzene rings is 1. The number of ether oxygens (including phenoxy) is 1. The zero-order valence-electron chi connectivity index (χ0n) is 11.4. The van der Waals surface area contributed by atoms with Crippen LogP contribution in [0.15, 0.2) is 29.4 Å². The highest BCUT2D eigenvalue weighted by Gasteiger charge is 2.49. The minimum atomic E-state index is -5.77. The van der Waals surface area contributed by atoms with Gasteiger partial charge in [-0.15, -0.1) is 0 Å². The van der Waals surface area contributed by atoms with Crippen molar-refractivity contribution in [3.8, 4) is 5.75 Å². The van der Waals surface area contributed by atoms with Crippen LogP contribution in [0.4, 0.5) is 13.2 Å². The van der Waals surface area contributed by atoms with Gasteiger partial charge in [-0.25, -0.2) is 0 Å². The monoisotopic (exact) mass is 338 g/mol. The van der Waals surface area contributed by atoms with Crippen molar-refractivity contribution in [2.45, 2.75) is 18.0 Å². The van der Waals surface area contributed by atoms with Crippen molar-refractivity contribution in [2.24, 2.45) is 5.16 Å². The third-order valence-corrected chi connectivity index (χ3v) is 3.89. The number of methoxy groups -OCH3 is 1. The zero-order valence-corrected chi connectivity index (χ0v) is 12.2. The molecule has 0 saturated carbocycles. The Morgan fingerprint density at radius 1 is 1.32 bits per heavy atom. The Morgan fingerprint density at radius 3 is 2.32 bits per heavy atom. The molecule has 0 bridgehead atoms. The molecule has 1 fully saturated rings. The van der Waals surface area contributed by atoms with Gasteiger partial charge in [-0.2, -0.15) is 21.6 Å². The van der Waals surface area contributed by atoms with Crippen molar-refractivity contribution in [1.82, 2.24) is 5.32 Å². The predicted molar refractivity (Wildman–Crippen MR) is 72.0 cm³/mol. The first-order valence-corrected chi connectivity index (χ1v) is 7.61. The van der Waals surface area contributed by atoms with Crippen LogP contribution >= 0.6 is 0 Å². The molecule has 1 unspecified atom stereocenters. The van der Waals surface area contributed by atoms with Gasteiger partial charge >= 0.3 is 15.6 Å². The lowest BCUT2D eigenvalue weighted by Gasteiger charge is -2.28. The summed E-state index contributed by atoms with van der Waals surface area (Å²) in [4.78, 5) is 0. The summed E-state index contributed by atoms with van der Waals surface area (Å²) >= 11 is 0. The predicted octanol–water partition coefficient (Wildman–Crippen LogP) is 1.63. The fraction of sp³-hybridized carbons (Fsp3) is 0.417. The van der Waals surface area contributed by atoms with Crippen molar-refractivity contribution < 1.29 is 30.6 Å². The first kappa shape index (κ1) is 16.6. The maximum absolute atomic E-state index is 12.3. The highest BCUT2D eigenvalue weighted by Crippen LogP contribution is 2.25. The highest BCUT2D eigenvalue weighted by atomic mass is 32.2. The van der Waals surface area contributed by atoms with E-state index in [1.54, 1.807) is 24.3 Å². The molecule has 1 aromatic carbocycles. The van der Waals surface area contributed by atoms with Gasteiger partial charge in [0.05, 0.1) is 13.2 Å². The third kappa shape index (κ3) is 3.50. The molecule has 22 heavy (non-hydrogen) atoms. The quantitative estimate of drug-likeness (QED) is 0.502. The average molecular weight is 338 g/mol. The Morgan fingerprint density at radius 2 is 1.91 bits per heavy atom. The van der Waals surface area contributed by atoms with Gasteiger partial charge in [0.25, 0.3) is 0 Å². The number of nitrogens with one attached hydrogen (secondary N) is 1. The molecule has 0 radical (unpaired) electrons. The summed E-state index contributed by atoms with van der Waals surface area (Å²) in [5, 5.41) is 6.14. The average Bonchev–Trinajstić information content (AvgIpc) is 2.40. The van der Waals surface area contributed by atoms with Gasteiger partial charge in [0, 0.05) is 5.56 Å². The van der Waals surface area contributed by atoms with Crippen LogP contribution in [0.3, 0.4) is 0 Å². The highest BCUT2D eigenvalue weighted by molar-refractivity contribution is 7.87. The summed E-state index contributed by atoms with van der Waals surface area (Å²) in [6.07, 6.45) is 0.611. The molecule has 1 heterocycles. The van der Waals surface area contributed by atoms with Crippen LogP contribution in [0, 0.1) is 0 Å². The first-order chi connectivity index (χ1) is 10.2. The minimum absolute atomic E-state index is 0.0849. The molecule has 1 aromatic rings. The standard InChI is InChI=1S/C12H13F3N2O4S/c1-20-9-4-2-8(3-5-9)11(10-6-7-16-10)17-21-22(18,19)12(13,14)15/h2-5,10,16H,6-7H2,1H3/b17-11-. The summed E-state index contributed by atoms with van der Waals surface area (Å²) < 4.78 is 67.4. The molecule has 1 saturated heterocycles. The van der Waals surface area contributed by atoms with E-state index < -0.39 is 15.6 Å². The van der Waals surface area contributed by atoms with Crippen LogP contribution < -0.4 is 10.1 Å². The molecular formula is C12H13F3N2O4S. The van der Waals surface area contributed by atoms with Gasteiger partial charge in [-0.3, -0.25) is 4.28 Å². The van der Waals surface area contributed by atoms with Crippen molar-refractivity contribution in [3.63, 3.8) is 0 Å². The van der Waals surface area contributed by atoms with Crippen LogP contribution in [0.25, 0.3) is 0 Å². The molecule has 1 aliphatic rings. The number of halogens is 3. The van der Waals surface area contributed by atoms with Gasteiger partial charge in [0.2, 0.25) is 0 Å². The van der Waals surface area contributed by atoms with Crippen molar-refractivity contribution in [1.29, 1.82) is 0 Å². The largest absolute Gasteiger partial charge is 0.536 e. The smallest absolute Gasteiger partial charge is 0.497 e. The normalized spacial score (nSPS) is 19.5. The maximum atomic E-state index is 12.3. The van der Waals surface area contributed by atoms with Crippen molar-refractivity contribution >= 4 is 15.8 Å². The molecular weight excluding hydrogens is 325 g/mol. The number of oxime groups is 1. The number of rotatable bonds is 5. The Hall–Kier alpha value is -1.81. The number of hydrogen-bond acceptors (Lipinski definition) is 6. The van der Waals surface area contributed by atoms with Crippen LogP contribution in [-0.2, 0) is 14.4 Å². The van der Waals surface area contributed by atoms with Crippen LogP contribution in [0.5, 0.6) is 5.75 Å². The summed E-state index contributed by atoms with van der Waals surface area (Å²) in [6, 6.07) is 5.92. The molecule has 1 N–H and O–H groups in total. The lowest BCUT2D eigenvalue weighted by atomic mass is 9.96. The second-order valence-corrected chi connectivity index (χ2v) is 6.00. The summed E-state index contributed by atoms with van der Waals surface area (Å²) in [5.41, 5.74) is -4.99. The molecule has 6 nitrogen and oxygen atoms in total. The second kappa shape index (κ2) is 6.13. The molecule has 0 spiro atoms. The van der Waals surface area contributed by atoms with Crippen molar-refractivity contribution in [2.75, 3.05) is 13.7 Å². The van der Waals surface area contributed by atoms with E-state index in [1.807, 2.05) is 0 Å². The van der Waals surface area contributed by atoms with E-state index in [2.05, 4.69) is 14.8 Å². The van der Waals surface area contributed by atoms with E-state index in [0.717, 1.165) is 0 Å². The van der Waals surface area contributed by atoms with Gasteiger partial charge < -0.3 is 10.1 Å². The second-order valence-electron chi connectivity index (χ2n) is 4.47. The lowest BCUT2D eigenvalue weighted by molar-refractivity contribution is -0.0541. The Balaban J connectivity index is 2.28. The van der Waals surface area contributed by atoms with Crippen LogP contribution in [-0.4, -0.2) is 39.3 Å². The number of nitrogens with zero attached hydrogens (tertiary/aromatic N) is 1. The SMILES string of the molecule is COc1ccc(/C(=N/OS(=O)(=O)C(F)(F)F)C2CCN2)cc1. The first-order valence-electron chi connectivity index (χ1n) is 6.20. The van der Waals surface area contributed by atoms with Crippen LogP contribution in [0.1, 0.15) is 12.0 Å². The maximum Gasteiger partial charge on any atom is 0.536 e. The van der Waals surface area contributed by atoms with E-state index >= 15 is 0 Å². The molecule has 0 aliphatic carbocycles. The van der Waals surface area contributed by atoms with Gasteiger partial charge in [0.15, 0.2) is 0 Å². The molecule has 1 atom stereocenters. The van der Waals surface area contributed by atoms with E-state index in [0.29, 0.717) is 24.3 Å². The topological polar surface area (TPSA) is 77.0 Å². The number of hydrogen-bond donors (Lipinski definition) is 1.